The highest BCUT2D eigenvalue weighted by Crippen LogP contribution is 2.23. The number of benzene rings is 1. The quantitative estimate of drug-likeness (QED) is 0.795. The van der Waals surface area contributed by atoms with Crippen LogP contribution in [-0.2, 0) is 11.2 Å². The molecule has 5 heteroatoms. The SMILES string of the molecule is CSCCCNC(=O)c1ccc2c(c1)CC(=O)N2. The van der Waals surface area contributed by atoms with E-state index in [-0.39, 0.29) is 11.8 Å². The van der Waals surface area contributed by atoms with E-state index in [4.69, 9.17) is 0 Å². The minimum Gasteiger partial charge on any atom is -0.352 e. The lowest BCUT2D eigenvalue weighted by Gasteiger charge is -2.06. The minimum absolute atomic E-state index is 0.0115. The van der Waals surface area contributed by atoms with Gasteiger partial charge in [0.1, 0.15) is 0 Å². The number of rotatable bonds is 5. The van der Waals surface area contributed by atoms with Crippen LogP contribution in [0.3, 0.4) is 0 Å². The summed E-state index contributed by atoms with van der Waals surface area (Å²) in [7, 11) is 0. The molecule has 1 aromatic carbocycles. The molecule has 0 atom stereocenters. The first-order valence-corrected chi connectivity index (χ1v) is 7.30. The highest BCUT2D eigenvalue weighted by Gasteiger charge is 2.18. The second-order valence-electron chi connectivity index (χ2n) is 4.20. The molecule has 0 aromatic heterocycles. The summed E-state index contributed by atoms with van der Waals surface area (Å²) in [5.74, 6) is 0.962. The number of nitrogens with one attached hydrogen (secondary N) is 2. The van der Waals surface area contributed by atoms with Crippen LogP contribution < -0.4 is 10.6 Å². The summed E-state index contributed by atoms with van der Waals surface area (Å²) in [5.41, 5.74) is 2.34. The molecule has 1 aromatic rings. The Kier molecular flexibility index (Phi) is 4.25. The molecule has 4 nitrogen and oxygen atoms in total. The van der Waals surface area contributed by atoms with Gasteiger partial charge in [0.2, 0.25) is 5.91 Å². The molecule has 0 saturated carbocycles. The van der Waals surface area contributed by atoms with Crippen molar-refractivity contribution in [3.05, 3.63) is 29.3 Å². The number of carbonyl (C=O) groups is 2. The van der Waals surface area contributed by atoms with Crippen molar-refractivity contribution in [1.82, 2.24) is 5.32 Å². The van der Waals surface area contributed by atoms with Gasteiger partial charge in [-0.25, -0.2) is 0 Å². The third-order valence-electron chi connectivity index (χ3n) is 2.80. The predicted molar refractivity (Wildman–Crippen MR) is 74.1 cm³/mol. The van der Waals surface area contributed by atoms with Gasteiger partial charge in [0.15, 0.2) is 0 Å². The lowest BCUT2D eigenvalue weighted by atomic mass is 10.1. The Labute approximate surface area is 111 Å². The molecule has 0 radical (unpaired) electrons. The summed E-state index contributed by atoms with van der Waals surface area (Å²) < 4.78 is 0. The molecule has 1 heterocycles. The largest absolute Gasteiger partial charge is 0.352 e. The predicted octanol–water partition coefficient (Wildman–Crippen LogP) is 1.66. The Morgan fingerprint density at radius 2 is 2.33 bits per heavy atom. The van der Waals surface area contributed by atoms with E-state index in [1.807, 2.05) is 6.26 Å². The first-order chi connectivity index (χ1) is 8.70. The van der Waals surface area contributed by atoms with Crippen molar-refractivity contribution >= 4 is 29.3 Å². The highest BCUT2D eigenvalue weighted by molar-refractivity contribution is 7.98. The second-order valence-corrected chi connectivity index (χ2v) is 5.18. The topological polar surface area (TPSA) is 58.2 Å². The number of hydrogen-bond donors (Lipinski definition) is 2. The summed E-state index contributed by atoms with van der Waals surface area (Å²) in [6.45, 7) is 0.688. The lowest BCUT2D eigenvalue weighted by Crippen LogP contribution is -2.24. The zero-order chi connectivity index (χ0) is 13.0. The summed E-state index contributed by atoms with van der Waals surface area (Å²) in [5, 5.41) is 5.63. The van der Waals surface area contributed by atoms with Gasteiger partial charge < -0.3 is 10.6 Å². The molecule has 2 amide bonds. The van der Waals surface area contributed by atoms with Crippen LogP contribution in [0.5, 0.6) is 0 Å². The third kappa shape index (κ3) is 3.04. The van der Waals surface area contributed by atoms with E-state index < -0.39 is 0 Å². The molecule has 0 bridgehead atoms. The van der Waals surface area contributed by atoms with Crippen molar-refractivity contribution in [2.24, 2.45) is 0 Å². The van der Waals surface area contributed by atoms with Gasteiger partial charge in [0.25, 0.3) is 5.91 Å². The fourth-order valence-electron chi connectivity index (χ4n) is 1.89. The Hall–Kier alpha value is -1.49. The van der Waals surface area contributed by atoms with Gasteiger partial charge in [-0.15, -0.1) is 0 Å². The van der Waals surface area contributed by atoms with Crippen molar-refractivity contribution in [3.8, 4) is 0 Å². The van der Waals surface area contributed by atoms with Gasteiger partial charge in [0, 0.05) is 17.8 Å². The zero-order valence-electron chi connectivity index (χ0n) is 10.3. The molecule has 0 fully saturated rings. The van der Waals surface area contributed by atoms with E-state index in [2.05, 4.69) is 10.6 Å². The van der Waals surface area contributed by atoms with Crippen LogP contribution in [0.15, 0.2) is 18.2 Å². The Morgan fingerprint density at radius 1 is 1.50 bits per heavy atom. The van der Waals surface area contributed by atoms with Crippen LogP contribution in [0.25, 0.3) is 0 Å². The number of fused-ring (bicyclic) bond motifs is 1. The van der Waals surface area contributed by atoms with E-state index in [9.17, 15) is 9.59 Å². The first-order valence-electron chi connectivity index (χ1n) is 5.90. The maximum atomic E-state index is 11.9. The van der Waals surface area contributed by atoms with Crippen molar-refractivity contribution in [2.45, 2.75) is 12.8 Å². The van der Waals surface area contributed by atoms with Crippen LogP contribution in [0.1, 0.15) is 22.3 Å². The normalized spacial score (nSPS) is 13.1. The summed E-state index contributed by atoms with van der Waals surface area (Å²) in [6, 6.07) is 5.32. The van der Waals surface area contributed by atoms with Crippen molar-refractivity contribution in [1.29, 1.82) is 0 Å². The first kappa shape index (κ1) is 13.0. The van der Waals surface area contributed by atoms with Crippen LogP contribution in [0.2, 0.25) is 0 Å². The molecule has 1 aliphatic rings. The molecule has 2 rings (SSSR count). The van der Waals surface area contributed by atoms with E-state index >= 15 is 0 Å². The van der Waals surface area contributed by atoms with E-state index in [0.29, 0.717) is 18.5 Å². The van der Waals surface area contributed by atoms with Gasteiger partial charge in [0.05, 0.1) is 6.42 Å². The van der Waals surface area contributed by atoms with Gasteiger partial charge in [-0.1, -0.05) is 0 Å². The minimum atomic E-state index is -0.0711. The molecular weight excluding hydrogens is 248 g/mol. The van der Waals surface area contributed by atoms with E-state index in [1.54, 1.807) is 30.0 Å². The van der Waals surface area contributed by atoms with Gasteiger partial charge in [-0.2, -0.15) is 11.8 Å². The average Bonchev–Trinajstić information content (AvgIpc) is 2.73. The number of amides is 2. The van der Waals surface area contributed by atoms with Gasteiger partial charge in [-0.3, -0.25) is 9.59 Å². The molecule has 0 spiro atoms. The zero-order valence-corrected chi connectivity index (χ0v) is 11.1. The number of anilines is 1. The fraction of sp³-hybridized carbons (Fsp3) is 0.385. The maximum Gasteiger partial charge on any atom is 0.251 e. The highest BCUT2D eigenvalue weighted by atomic mass is 32.2. The van der Waals surface area contributed by atoms with Crippen molar-refractivity contribution < 1.29 is 9.59 Å². The van der Waals surface area contributed by atoms with Gasteiger partial charge in [-0.05, 0) is 42.2 Å². The molecule has 0 unspecified atom stereocenters. The Morgan fingerprint density at radius 3 is 3.11 bits per heavy atom. The smallest absolute Gasteiger partial charge is 0.251 e. The lowest BCUT2D eigenvalue weighted by molar-refractivity contribution is -0.115. The molecule has 1 aliphatic heterocycles. The van der Waals surface area contributed by atoms with E-state index in [0.717, 1.165) is 23.4 Å². The summed E-state index contributed by atoms with van der Waals surface area (Å²) >= 11 is 1.77. The molecule has 96 valence electrons. The fourth-order valence-corrected chi connectivity index (χ4v) is 2.32. The third-order valence-corrected chi connectivity index (χ3v) is 3.50. The molecule has 0 aliphatic carbocycles. The molecule has 18 heavy (non-hydrogen) atoms. The number of thioether (sulfide) groups is 1. The van der Waals surface area contributed by atoms with Crippen LogP contribution in [0, 0.1) is 0 Å². The second kappa shape index (κ2) is 5.91. The summed E-state index contributed by atoms with van der Waals surface area (Å²) in [4.78, 5) is 23.1. The molecule has 0 saturated heterocycles. The van der Waals surface area contributed by atoms with Crippen molar-refractivity contribution in [2.75, 3.05) is 23.9 Å². The van der Waals surface area contributed by atoms with Gasteiger partial charge >= 0.3 is 0 Å². The average molecular weight is 264 g/mol. The number of carbonyl (C=O) groups excluding carboxylic acids is 2. The Bertz CT molecular complexity index is 474. The summed E-state index contributed by atoms with van der Waals surface area (Å²) in [6.07, 6.45) is 3.38. The van der Waals surface area contributed by atoms with Crippen LogP contribution in [-0.4, -0.2) is 30.4 Å². The molecule has 2 N–H and O–H groups in total. The monoisotopic (exact) mass is 264 g/mol. The maximum absolute atomic E-state index is 11.9. The standard InChI is InChI=1S/C13H16N2O2S/c1-18-6-2-5-14-13(17)9-3-4-11-10(7-9)8-12(16)15-11/h3-4,7H,2,5-6,8H2,1H3,(H,14,17)(H,15,16). The Balaban J connectivity index is 1.95. The molecular formula is C13H16N2O2S. The van der Waals surface area contributed by atoms with Crippen LogP contribution >= 0.6 is 11.8 Å². The van der Waals surface area contributed by atoms with E-state index in [1.165, 1.54) is 0 Å². The van der Waals surface area contributed by atoms with Crippen LogP contribution in [0.4, 0.5) is 5.69 Å². The van der Waals surface area contributed by atoms with Crippen molar-refractivity contribution in [3.63, 3.8) is 0 Å². The number of hydrogen-bond acceptors (Lipinski definition) is 3.